The Morgan fingerprint density at radius 1 is 1.03 bits per heavy atom. The highest BCUT2D eigenvalue weighted by molar-refractivity contribution is 5.94. The Bertz CT molecular complexity index is 656. The maximum atomic E-state index is 13.1. The summed E-state index contributed by atoms with van der Waals surface area (Å²) in [7, 11) is 0. The first-order valence-corrected chi connectivity index (χ1v) is 11.0. The fraction of sp³-hybridized carbons (Fsp3) is 0.810. The van der Waals surface area contributed by atoms with Gasteiger partial charge in [0.15, 0.2) is 0 Å². The zero-order valence-electron chi connectivity index (χ0n) is 19.1. The summed E-state index contributed by atoms with van der Waals surface area (Å²) >= 11 is 0. The van der Waals surface area contributed by atoms with Crippen LogP contribution in [-0.4, -0.2) is 75.6 Å². The number of carboxylic acids is 1. The standard InChI is InChI=1S/C21H38N4O6/c1-6-11(3)15(22)19(28)24-17(13(5)26)20(29)25-10-8-9-14(25)18(27)23-16(21(30)31)12(4)7-2/h11-17,26H,6-10,22H2,1-5H3,(H,23,27)(H,24,28)(H,30,31). The molecule has 0 saturated carbocycles. The molecule has 10 nitrogen and oxygen atoms in total. The Kier molecular flexibility index (Phi) is 10.4. The molecule has 7 atom stereocenters. The van der Waals surface area contributed by atoms with Crippen molar-refractivity contribution in [1.82, 2.24) is 15.5 Å². The van der Waals surface area contributed by atoms with Crippen molar-refractivity contribution in [3.8, 4) is 0 Å². The summed E-state index contributed by atoms with van der Waals surface area (Å²) in [4.78, 5) is 51.2. The predicted octanol–water partition coefficient (Wildman–Crippen LogP) is -0.168. The summed E-state index contributed by atoms with van der Waals surface area (Å²) in [5.41, 5.74) is 5.94. The topological polar surface area (TPSA) is 162 Å². The summed E-state index contributed by atoms with van der Waals surface area (Å²) in [6.07, 6.45) is 0.973. The van der Waals surface area contributed by atoms with Crippen molar-refractivity contribution in [2.75, 3.05) is 6.54 Å². The molecule has 1 aliphatic heterocycles. The van der Waals surface area contributed by atoms with Gasteiger partial charge in [0, 0.05) is 6.54 Å². The lowest BCUT2D eigenvalue weighted by Gasteiger charge is -2.32. The highest BCUT2D eigenvalue weighted by Crippen LogP contribution is 2.20. The van der Waals surface area contributed by atoms with Gasteiger partial charge in [-0.1, -0.05) is 40.5 Å². The average molecular weight is 443 g/mol. The van der Waals surface area contributed by atoms with E-state index < -0.39 is 54.0 Å². The summed E-state index contributed by atoms with van der Waals surface area (Å²) in [6.45, 7) is 8.93. The molecule has 0 bridgehead atoms. The van der Waals surface area contributed by atoms with E-state index in [0.717, 1.165) is 0 Å². The van der Waals surface area contributed by atoms with E-state index in [0.29, 0.717) is 25.7 Å². The van der Waals surface area contributed by atoms with Gasteiger partial charge in [0.05, 0.1) is 12.1 Å². The minimum absolute atomic E-state index is 0.108. The van der Waals surface area contributed by atoms with Crippen LogP contribution in [0.15, 0.2) is 0 Å². The minimum Gasteiger partial charge on any atom is -0.480 e. The second-order valence-electron chi connectivity index (χ2n) is 8.54. The van der Waals surface area contributed by atoms with Crippen LogP contribution in [0.5, 0.6) is 0 Å². The monoisotopic (exact) mass is 442 g/mol. The van der Waals surface area contributed by atoms with Gasteiger partial charge in [-0.25, -0.2) is 4.79 Å². The first-order valence-electron chi connectivity index (χ1n) is 11.0. The van der Waals surface area contributed by atoms with E-state index in [9.17, 15) is 29.4 Å². The summed E-state index contributed by atoms with van der Waals surface area (Å²) < 4.78 is 0. The quantitative estimate of drug-likeness (QED) is 0.297. The molecule has 0 aromatic heterocycles. The first-order chi connectivity index (χ1) is 14.5. The lowest BCUT2D eigenvalue weighted by molar-refractivity contribution is -0.147. The van der Waals surface area contributed by atoms with E-state index in [1.165, 1.54) is 11.8 Å². The van der Waals surface area contributed by atoms with Gasteiger partial charge in [-0.3, -0.25) is 14.4 Å². The Morgan fingerprint density at radius 2 is 1.61 bits per heavy atom. The number of nitrogens with zero attached hydrogens (tertiary/aromatic N) is 1. The normalized spacial score (nSPS) is 22.0. The fourth-order valence-electron chi connectivity index (χ4n) is 3.56. The molecule has 0 spiro atoms. The van der Waals surface area contributed by atoms with Crippen LogP contribution in [0.25, 0.3) is 0 Å². The smallest absolute Gasteiger partial charge is 0.326 e. The summed E-state index contributed by atoms with van der Waals surface area (Å²) in [6, 6.07) is -4.00. The van der Waals surface area contributed by atoms with Gasteiger partial charge in [0.1, 0.15) is 18.1 Å². The second kappa shape index (κ2) is 12.0. The molecule has 10 heteroatoms. The second-order valence-corrected chi connectivity index (χ2v) is 8.54. The maximum absolute atomic E-state index is 13.1. The van der Waals surface area contributed by atoms with Gasteiger partial charge < -0.3 is 31.5 Å². The van der Waals surface area contributed by atoms with E-state index >= 15 is 0 Å². The van der Waals surface area contributed by atoms with Crippen molar-refractivity contribution in [3.63, 3.8) is 0 Å². The molecule has 1 fully saturated rings. The number of aliphatic carboxylic acids is 1. The fourth-order valence-corrected chi connectivity index (χ4v) is 3.56. The molecular weight excluding hydrogens is 404 g/mol. The highest BCUT2D eigenvalue weighted by atomic mass is 16.4. The Morgan fingerprint density at radius 3 is 2.10 bits per heavy atom. The number of carbonyl (C=O) groups is 4. The van der Waals surface area contributed by atoms with E-state index in [1.807, 2.05) is 20.8 Å². The molecule has 1 rings (SSSR count). The predicted molar refractivity (Wildman–Crippen MR) is 115 cm³/mol. The molecule has 6 N–H and O–H groups in total. The Labute approximate surface area is 183 Å². The zero-order valence-corrected chi connectivity index (χ0v) is 19.1. The maximum Gasteiger partial charge on any atom is 0.326 e. The number of aliphatic hydroxyl groups excluding tert-OH is 1. The van der Waals surface area contributed by atoms with Gasteiger partial charge in [-0.15, -0.1) is 0 Å². The van der Waals surface area contributed by atoms with Gasteiger partial charge in [-0.2, -0.15) is 0 Å². The number of hydrogen-bond donors (Lipinski definition) is 5. The molecule has 0 aromatic rings. The van der Waals surface area contributed by atoms with Crippen LogP contribution in [0.4, 0.5) is 0 Å². The highest BCUT2D eigenvalue weighted by Gasteiger charge is 2.41. The van der Waals surface area contributed by atoms with Crippen molar-refractivity contribution in [2.45, 2.75) is 90.6 Å². The van der Waals surface area contributed by atoms with Crippen LogP contribution >= 0.6 is 0 Å². The number of amides is 3. The van der Waals surface area contributed by atoms with Gasteiger partial charge >= 0.3 is 5.97 Å². The van der Waals surface area contributed by atoms with Crippen LogP contribution in [0.1, 0.15) is 60.3 Å². The van der Waals surface area contributed by atoms with Crippen molar-refractivity contribution in [1.29, 1.82) is 0 Å². The van der Waals surface area contributed by atoms with E-state index in [1.54, 1.807) is 6.92 Å². The first kappa shape index (κ1) is 26.8. The lowest BCUT2D eigenvalue weighted by atomic mass is 9.98. The molecule has 1 heterocycles. The van der Waals surface area contributed by atoms with Crippen LogP contribution in [-0.2, 0) is 19.2 Å². The van der Waals surface area contributed by atoms with Crippen LogP contribution in [0, 0.1) is 11.8 Å². The minimum atomic E-state index is -1.25. The van der Waals surface area contributed by atoms with E-state index in [-0.39, 0.29) is 18.4 Å². The van der Waals surface area contributed by atoms with Gasteiger partial charge in [0.2, 0.25) is 17.7 Å². The number of rotatable bonds is 11. The lowest BCUT2D eigenvalue weighted by Crippen LogP contribution is -2.60. The van der Waals surface area contributed by atoms with E-state index in [2.05, 4.69) is 10.6 Å². The van der Waals surface area contributed by atoms with Crippen molar-refractivity contribution >= 4 is 23.7 Å². The van der Waals surface area contributed by atoms with Crippen LogP contribution in [0.3, 0.4) is 0 Å². The molecule has 178 valence electrons. The number of carbonyl (C=O) groups excluding carboxylic acids is 3. The SMILES string of the molecule is CCC(C)C(N)C(=O)NC(C(=O)N1CCCC1C(=O)NC(C(=O)O)C(C)CC)C(C)O. The molecule has 0 radical (unpaired) electrons. The molecule has 3 amide bonds. The largest absolute Gasteiger partial charge is 0.480 e. The molecule has 31 heavy (non-hydrogen) atoms. The average Bonchev–Trinajstić information content (AvgIpc) is 3.22. The molecular formula is C21H38N4O6. The third kappa shape index (κ3) is 6.90. The number of likely N-dealkylation sites (tertiary alicyclic amines) is 1. The van der Waals surface area contributed by atoms with Crippen LogP contribution < -0.4 is 16.4 Å². The van der Waals surface area contributed by atoms with Gasteiger partial charge in [0.25, 0.3) is 0 Å². The van der Waals surface area contributed by atoms with Crippen LogP contribution in [0.2, 0.25) is 0 Å². The number of carboxylic acid groups (broad SMARTS) is 1. The van der Waals surface area contributed by atoms with Crippen molar-refractivity contribution < 1.29 is 29.4 Å². The molecule has 1 saturated heterocycles. The summed E-state index contributed by atoms with van der Waals surface area (Å²) in [5, 5.41) is 24.6. The molecule has 0 aliphatic carbocycles. The number of nitrogens with two attached hydrogens (primary N) is 1. The molecule has 7 unspecified atom stereocenters. The van der Waals surface area contributed by atoms with E-state index in [4.69, 9.17) is 5.73 Å². The Hall–Kier alpha value is -2.20. The third-order valence-electron chi connectivity index (χ3n) is 6.22. The zero-order chi connectivity index (χ0) is 23.9. The number of nitrogens with one attached hydrogen (secondary N) is 2. The van der Waals surface area contributed by atoms with Gasteiger partial charge in [-0.05, 0) is 31.6 Å². The Balaban J connectivity index is 2.96. The van der Waals surface area contributed by atoms with Crippen molar-refractivity contribution in [3.05, 3.63) is 0 Å². The third-order valence-corrected chi connectivity index (χ3v) is 6.22. The molecule has 1 aliphatic rings. The number of aliphatic hydroxyl groups is 1. The summed E-state index contributed by atoms with van der Waals surface area (Å²) in [5.74, 6) is -3.20. The van der Waals surface area contributed by atoms with Crippen molar-refractivity contribution in [2.24, 2.45) is 17.6 Å². The number of hydrogen-bond acceptors (Lipinski definition) is 6. The molecule has 0 aromatic carbocycles.